The first-order valence-corrected chi connectivity index (χ1v) is 5.07. The van der Waals surface area contributed by atoms with Gasteiger partial charge in [-0.3, -0.25) is 4.79 Å². The van der Waals surface area contributed by atoms with E-state index < -0.39 is 0 Å². The first-order valence-electron chi connectivity index (χ1n) is 5.07. The summed E-state index contributed by atoms with van der Waals surface area (Å²) >= 11 is 0. The first-order chi connectivity index (χ1) is 6.24. The average molecular weight is 183 g/mol. The van der Waals surface area contributed by atoms with Crippen molar-refractivity contribution < 1.29 is 9.53 Å². The third-order valence-electron chi connectivity index (χ3n) is 3.76. The molecule has 0 saturated heterocycles. The lowest BCUT2D eigenvalue weighted by atomic mass is 9.62. The van der Waals surface area contributed by atoms with Crippen LogP contribution in [0.2, 0.25) is 0 Å². The molecule has 0 amide bonds. The van der Waals surface area contributed by atoms with Crippen LogP contribution < -0.4 is 5.73 Å². The number of fused-ring (bicyclic) bond motifs is 3. The monoisotopic (exact) mass is 183 g/mol. The van der Waals surface area contributed by atoms with Crippen LogP contribution in [0.15, 0.2) is 0 Å². The van der Waals surface area contributed by atoms with Crippen LogP contribution in [0.5, 0.6) is 0 Å². The molecule has 0 radical (unpaired) electrons. The Morgan fingerprint density at radius 1 is 1.23 bits per heavy atom. The maximum absolute atomic E-state index is 11.5. The number of carbonyl (C=O) groups excluding carboxylic acids is 1. The highest BCUT2D eigenvalue weighted by Gasteiger charge is 2.45. The molecule has 0 unspecified atom stereocenters. The minimum Gasteiger partial charge on any atom is -0.469 e. The molecular formula is C10H17NO2. The molecule has 2 bridgehead atoms. The number of nitrogens with two attached hydrogens (primary N) is 1. The Kier molecular flexibility index (Phi) is 2.28. The molecule has 3 saturated carbocycles. The quantitative estimate of drug-likeness (QED) is 0.615. The van der Waals surface area contributed by atoms with Crippen molar-refractivity contribution in [1.29, 1.82) is 0 Å². The summed E-state index contributed by atoms with van der Waals surface area (Å²) < 4.78 is 4.79. The highest BCUT2D eigenvalue weighted by atomic mass is 16.5. The van der Waals surface area contributed by atoms with Crippen LogP contribution in [0.25, 0.3) is 0 Å². The molecule has 0 aromatic carbocycles. The molecule has 0 aliphatic heterocycles. The zero-order valence-electron chi connectivity index (χ0n) is 8.03. The minimum atomic E-state index is -0.0955. The SMILES string of the molecule is COC(=O)[C@@H]1C2CCC(CC2)[C@H]1N. The second-order valence-electron chi connectivity index (χ2n) is 4.30. The summed E-state index contributed by atoms with van der Waals surface area (Å²) in [5.74, 6) is 0.945. The minimum absolute atomic E-state index is 0.0162. The molecule has 3 rings (SSSR count). The van der Waals surface area contributed by atoms with Crippen molar-refractivity contribution in [3.05, 3.63) is 0 Å². The van der Waals surface area contributed by atoms with Gasteiger partial charge in [-0.05, 0) is 37.5 Å². The summed E-state index contributed by atoms with van der Waals surface area (Å²) in [7, 11) is 1.46. The van der Waals surface area contributed by atoms with Crippen molar-refractivity contribution in [2.24, 2.45) is 23.5 Å². The molecule has 0 aromatic heterocycles. The first kappa shape index (κ1) is 9.00. The van der Waals surface area contributed by atoms with Crippen molar-refractivity contribution >= 4 is 5.97 Å². The highest BCUT2D eigenvalue weighted by Crippen LogP contribution is 2.44. The van der Waals surface area contributed by atoms with E-state index >= 15 is 0 Å². The average Bonchev–Trinajstić information content (AvgIpc) is 2.18. The molecule has 3 fully saturated rings. The predicted molar refractivity (Wildman–Crippen MR) is 48.9 cm³/mol. The van der Waals surface area contributed by atoms with Crippen LogP contribution in [0.4, 0.5) is 0 Å². The molecule has 3 aliphatic carbocycles. The van der Waals surface area contributed by atoms with Crippen LogP contribution in [0.1, 0.15) is 25.7 Å². The summed E-state index contributed by atoms with van der Waals surface area (Å²) in [6, 6.07) is 0.0555. The Bertz CT molecular complexity index is 207. The molecule has 2 atom stereocenters. The molecule has 13 heavy (non-hydrogen) atoms. The van der Waals surface area contributed by atoms with Gasteiger partial charge in [0.2, 0.25) is 0 Å². The number of carbonyl (C=O) groups is 1. The van der Waals surface area contributed by atoms with E-state index in [0.29, 0.717) is 11.8 Å². The van der Waals surface area contributed by atoms with Gasteiger partial charge < -0.3 is 10.5 Å². The van der Waals surface area contributed by atoms with Gasteiger partial charge in [-0.1, -0.05) is 0 Å². The number of ether oxygens (including phenoxy) is 1. The molecule has 0 spiro atoms. The largest absolute Gasteiger partial charge is 0.469 e. The number of hydrogen-bond acceptors (Lipinski definition) is 3. The third kappa shape index (κ3) is 1.35. The van der Waals surface area contributed by atoms with Gasteiger partial charge in [-0.25, -0.2) is 0 Å². The van der Waals surface area contributed by atoms with E-state index in [4.69, 9.17) is 10.5 Å². The van der Waals surface area contributed by atoms with Gasteiger partial charge in [0.1, 0.15) is 0 Å². The summed E-state index contributed by atoms with van der Waals surface area (Å²) in [6.45, 7) is 0. The highest BCUT2D eigenvalue weighted by molar-refractivity contribution is 5.74. The zero-order valence-corrected chi connectivity index (χ0v) is 8.03. The maximum Gasteiger partial charge on any atom is 0.310 e. The third-order valence-corrected chi connectivity index (χ3v) is 3.76. The molecule has 0 heterocycles. The van der Waals surface area contributed by atoms with Gasteiger partial charge in [0.25, 0.3) is 0 Å². The summed E-state index contributed by atoms with van der Waals surface area (Å²) in [4.78, 5) is 11.5. The second kappa shape index (κ2) is 3.29. The molecule has 3 heteroatoms. The van der Waals surface area contributed by atoms with E-state index in [9.17, 15) is 4.79 Å². The van der Waals surface area contributed by atoms with Crippen molar-refractivity contribution in [1.82, 2.24) is 0 Å². The Labute approximate surface area is 78.6 Å². The number of hydrogen-bond donors (Lipinski definition) is 1. The van der Waals surface area contributed by atoms with E-state index in [-0.39, 0.29) is 17.9 Å². The van der Waals surface area contributed by atoms with Crippen LogP contribution in [0, 0.1) is 17.8 Å². The van der Waals surface area contributed by atoms with Gasteiger partial charge in [-0.15, -0.1) is 0 Å². The fraction of sp³-hybridized carbons (Fsp3) is 0.900. The Balaban J connectivity index is 2.14. The lowest BCUT2D eigenvalue weighted by molar-refractivity contribution is -0.152. The number of methoxy groups -OCH3 is 1. The molecule has 2 N–H and O–H groups in total. The van der Waals surface area contributed by atoms with Crippen LogP contribution in [-0.4, -0.2) is 19.1 Å². The van der Waals surface area contributed by atoms with Crippen molar-refractivity contribution in [3.63, 3.8) is 0 Å². The van der Waals surface area contributed by atoms with Crippen molar-refractivity contribution in [3.8, 4) is 0 Å². The predicted octanol–water partition coefficient (Wildman–Crippen LogP) is 0.923. The normalized spacial score (nSPS) is 43.2. The van der Waals surface area contributed by atoms with E-state index in [1.807, 2.05) is 0 Å². The van der Waals surface area contributed by atoms with Crippen molar-refractivity contribution in [2.75, 3.05) is 7.11 Å². The zero-order chi connectivity index (χ0) is 9.42. The van der Waals surface area contributed by atoms with Crippen LogP contribution in [0.3, 0.4) is 0 Å². The molecule has 3 aliphatic rings. The van der Waals surface area contributed by atoms with E-state index in [1.165, 1.54) is 20.0 Å². The van der Waals surface area contributed by atoms with Gasteiger partial charge in [-0.2, -0.15) is 0 Å². The van der Waals surface area contributed by atoms with E-state index in [2.05, 4.69) is 0 Å². The number of esters is 1. The van der Waals surface area contributed by atoms with Crippen LogP contribution >= 0.6 is 0 Å². The van der Waals surface area contributed by atoms with E-state index in [0.717, 1.165) is 12.8 Å². The number of rotatable bonds is 1. The van der Waals surface area contributed by atoms with Gasteiger partial charge >= 0.3 is 5.97 Å². The Hall–Kier alpha value is -0.570. The van der Waals surface area contributed by atoms with Gasteiger partial charge in [0.05, 0.1) is 13.0 Å². The van der Waals surface area contributed by atoms with E-state index in [1.54, 1.807) is 0 Å². The molecule has 3 nitrogen and oxygen atoms in total. The molecule has 74 valence electrons. The molecule has 0 aromatic rings. The van der Waals surface area contributed by atoms with Crippen LogP contribution in [-0.2, 0) is 9.53 Å². The Morgan fingerprint density at radius 3 is 2.23 bits per heavy atom. The van der Waals surface area contributed by atoms with Crippen molar-refractivity contribution in [2.45, 2.75) is 31.7 Å². The van der Waals surface area contributed by atoms with Gasteiger partial charge in [0, 0.05) is 6.04 Å². The Morgan fingerprint density at radius 2 is 1.77 bits per heavy atom. The second-order valence-corrected chi connectivity index (χ2v) is 4.30. The topological polar surface area (TPSA) is 52.3 Å². The summed E-state index contributed by atoms with van der Waals surface area (Å²) in [5.41, 5.74) is 6.04. The smallest absolute Gasteiger partial charge is 0.310 e. The maximum atomic E-state index is 11.5. The lowest BCUT2D eigenvalue weighted by Gasteiger charge is -2.45. The summed E-state index contributed by atoms with van der Waals surface area (Å²) in [6.07, 6.45) is 4.74. The summed E-state index contributed by atoms with van der Waals surface area (Å²) in [5, 5.41) is 0. The fourth-order valence-corrected chi connectivity index (χ4v) is 2.98. The van der Waals surface area contributed by atoms with Gasteiger partial charge in [0.15, 0.2) is 0 Å². The standard InChI is InChI=1S/C10H17NO2/c1-13-10(12)8-6-2-4-7(5-3-6)9(8)11/h6-9H,2-5,11H2,1H3/t6?,7?,8-,9-/m1/s1. The fourth-order valence-electron chi connectivity index (χ4n) is 2.98. The molecular weight excluding hydrogens is 166 g/mol. The lowest BCUT2D eigenvalue weighted by Crippen LogP contribution is -2.52.